The van der Waals surface area contributed by atoms with Gasteiger partial charge in [-0.2, -0.15) is 0 Å². The molecule has 1 unspecified atom stereocenters. The van der Waals surface area contributed by atoms with Gasteiger partial charge in [0.05, 0.1) is 18.0 Å². The van der Waals surface area contributed by atoms with Crippen molar-refractivity contribution in [3.8, 4) is 0 Å². The van der Waals surface area contributed by atoms with Crippen LogP contribution >= 0.6 is 0 Å². The second-order valence-corrected chi connectivity index (χ2v) is 3.67. The van der Waals surface area contributed by atoms with Gasteiger partial charge in [0.1, 0.15) is 5.82 Å². The molecule has 1 rings (SSSR count). The van der Waals surface area contributed by atoms with Crippen LogP contribution in [0, 0.1) is 11.7 Å². The highest BCUT2D eigenvalue weighted by Crippen LogP contribution is 2.19. The van der Waals surface area contributed by atoms with E-state index >= 15 is 0 Å². The van der Waals surface area contributed by atoms with E-state index in [0.29, 0.717) is 30.4 Å². The lowest BCUT2D eigenvalue weighted by atomic mass is 10.2. The maximum atomic E-state index is 12.9. The molecule has 1 atom stereocenters. The Morgan fingerprint density at radius 3 is 2.93 bits per heavy atom. The highest BCUT2D eigenvalue weighted by Gasteiger charge is 2.04. The first-order valence-corrected chi connectivity index (χ1v) is 4.91. The van der Waals surface area contributed by atoms with Gasteiger partial charge in [-0.1, -0.05) is 6.92 Å². The van der Waals surface area contributed by atoms with E-state index in [-0.39, 0.29) is 5.82 Å². The summed E-state index contributed by atoms with van der Waals surface area (Å²) in [4.78, 5) is 0. The van der Waals surface area contributed by atoms with Gasteiger partial charge in [-0.05, 0) is 24.1 Å². The zero-order valence-electron chi connectivity index (χ0n) is 9.09. The molecule has 0 heterocycles. The molecule has 0 aromatic heterocycles. The highest BCUT2D eigenvalue weighted by molar-refractivity contribution is 5.65. The molecule has 1 aromatic carbocycles. The average Bonchev–Trinajstić information content (AvgIpc) is 2.20. The predicted octanol–water partition coefficient (Wildman–Crippen LogP) is 2.10. The molecule has 0 amide bonds. The third-order valence-electron chi connectivity index (χ3n) is 2.11. The summed E-state index contributed by atoms with van der Waals surface area (Å²) in [7, 11) is 1.66. The Labute approximate surface area is 89.4 Å². The van der Waals surface area contributed by atoms with Crippen LogP contribution in [-0.4, -0.2) is 20.3 Å². The molecular formula is C11H17FN2O. The zero-order chi connectivity index (χ0) is 11.3. The molecule has 15 heavy (non-hydrogen) atoms. The largest absolute Gasteiger partial charge is 0.397 e. The second-order valence-electron chi connectivity index (χ2n) is 3.67. The monoisotopic (exact) mass is 212 g/mol. The summed E-state index contributed by atoms with van der Waals surface area (Å²) < 4.78 is 17.9. The van der Waals surface area contributed by atoms with Crippen LogP contribution in [0.4, 0.5) is 15.8 Å². The van der Waals surface area contributed by atoms with Crippen molar-refractivity contribution in [2.75, 3.05) is 31.3 Å². The number of nitrogens with one attached hydrogen (secondary N) is 1. The number of rotatable bonds is 5. The van der Waals surface area contributed by atoms with Gasteiger partial charge in [-0.25, -0.2) is 4.39 Å². The number of nitrogen functional groups attached to an aromatic ring is 1. The Kier molecular flexibility index (Phi) is 4.37. The van der Waals surface area contributed by atoms with Crippen LogP contribution in [0.3, 0.4) is 0 Å². The quantitative estimate of drug-likeness (QED) is 0.735. The van der Waals surface area contributed by atoms with E-state index < -0.39 is 0 Å². The minimum Gasteiger partial charge on any atom is -0.397 e. The molecule has 0 aliphatic rings. The van der Waals surface area contributed by atoms with Gasteiger partial charge < -0.3 is 15.8 Å². The first-order valence-electron chi connectivity index (χ1n) is 4.91. The molecular weight excluding hydrogens is 195 g/mol. The average molecular weight is 212 g/mol. The van der Waals surface area contributed by atoms with Crippen LogP contribution in [0.25, 0.3) is 0 Å². The van der Waals surface area contributed by atoms with Gasteiger partial charge in [0, 0.05) is 13.7 Å². The maximum absolute atomic E-state index is 12.9. The van der Waals surface area contributed by atoms with Crippen molar-refractivity contribution in [3.63, 3.8) is 0 Å². The molecule has 0 spiro atoms. The van der Waals surface area contributed by atoms with Gasteiger partial charge in [-0.15, -0.1) is 0 Å². The highest BCUT2D eigenvalue weighted by atomic mass is 19.1. The van der Waals surface area contributed by atoms with E-state index in [1.54, 1.807) is 13.2 Å². The van der Waals surface area contributed by atoms with E-state index in [1.807, 2.05) is 6.92 Å². The lowest BCUT2D eigenvalue weighted by molar-refractivity contribution is 0.164. The lowest BCUT2D eigenvalue weighted by Gasteiger charge is -2.14. The molecule has 0 saturated heterocycles. The molecule has 3 nitrogen and oxygen atoms in total. The van der Waals surface area contributed by atoms with Gasteiger partial charge in [0.25, 0.3) is 0 Å². The number of hydrogen-bond donors (Lipinski definition) is 2. The van der Waals surface area contributed by atoms with Crippen LogP contribution in [0.5, 0.6) is 0 Å². The molecule has 0 aliphatic carbocycles. The first-order chi connectivity index (χ1) is 7.13. The maximum Gasteiger partial charge on any atom is 0.125 e. The molecule has 0 fully saturated rings. The number of hydrogen-bond acceptors (Lipinski definition) is 3. The molecule has 1 aromatic rings. The minimum absolute atomic E-state index is 0.286. The molecule has 0 bridgehead atoms. The third-order valence-corrected chi connectivity index (χ3v) is 2.11. The fourth-order valence-electron chi connectivity index (χ4n) is 1.31. The topological polar surface area (TPSA) is 47.3 Å². The summed E-state index contributed by atoms with van der Waals surface area (Å²) in [6.07, 6.45) is 0. The van der Waals surface area contributed by atoms with Crippen molar-refractivity contribution in [2.45, 2.75) is 6.92 Å². The second kappa shape index (κ2) is 5.56. The molecule has 0 saturated carbocycles. The molecule has 0 aliphatic heterocycles. The Bertz CT molecular complexity index is 317. The van der Waals surface area contributed by atoms with Crippen molar-refractivity contribution in [2.24, 2.45) is 5.92 Å². The molecule has 84 valence electrons. The number of methoxy groups -OCH3 is 1. The molecule has 4 heteroatoms. The van der Waals surface area contributed by atoms with E-state index in [9.17, 15) is 4.39 Å². The van der Waals surface area contributed by atoms with Crippen LogP contribution in [0.1, 0.15) is 6.92 Å². The van der Waals surface area contributed by atoms with Crippen LogP contribution in [0.2, 0.25) is 0 Å². The van der Waals surface area contributed by atoms with Crippen molar-refractivity contribution in [1.29, 1.82) is 0 Å². The van der Waals surface area contributed by atoms with Gasteiger partial charge in [0.2, 0.25) is 0 Å². The number of anilines is 2. The van der Waals surface area contributed by atoms with Gasteiger partial charge >= 0.3 is 0 Å². The fraction of sp³-hybridized carbons (Fsp3) is 0.455. The smallest absolute Gasteiger partial charge is 0.125 e. The van der Waals surface area contributed by atoms with Gasteiger partial charge in [-0.3, -0.25) is 0 Å². The SMILES string of the molecule is COCC(C)CNc1cc(F)ccc1N. The van der Waals surface area contributed by atoms with E-state index in [4.69, 9.17) is 10.5 Å². The van der Waals surface area contributed by atoms with Gasteiger partial charge in [0.15, 0.2) is 0 Å². The van der Waals surface area contributed by atoms with E-state index in [1.165, 1.54) is 12.1 Å². The Morgan fingerprint density at radius 2 is 2.27 bits per heavy atom. The summed E-state index contributed by atoms with van der Waals surface area (Å²) in [5, 5.41) is 3.09. The number of nitrogens with two attached hydrogens (primary N) is 1. The number of ether oxygens (including phenoxy) is 1. The van der Waals surface area contributed by atoms with E-state index in [0.717, 1.165) is 0 Å². The van der Waals surface area contributed by atoms with E-state index in [2.05, 4.69) is 5.32 Å². The minimum atomic E-state index is -0.286. The van der Waals surface area contributed by atoms with Crippen LogP contribution in [0.15, 0.2) is 18.2 Å². The Hall–Kier alpha value is -1.29. The molecule has 3 N–H and O–H groups in total. The molecule has 0 radical (unpaired) electrons. The number of halogens is 1. The summed E-state index contributed by atoms with van der Waals surface area (Å²) in [6.45, 7) is 3.43. The third kappa shape index (κ3) is 3.75. The summed E-state index contributed by atoms with van der Waals surface area (Å²) in [5.74, 6) is 0.0729. The summed E-state index contributed by atoms with van der Waals surface area (Å²) in [6, 6.07) is 4.30. The Balaban J connectivity index is 2.53. The van der Waals surface area contributed by atoms with Crippen LogP contribution < -0.4 is 11.1 Å². The first kappa shape index (κ1) is 11.8. The summed E-state index contributed by atoms with van der Waals surface area (Å²) in [5.41, 5.74) is 6.88. The Morgan fingerprint density at radius 1 is 1.53 bits per heavy atom. The van der Waals surface area contributed by atoms with Crippen molar-refractivity contribution in [1.82, 2.24) is 0 Å². The predicted molar refractivity (Wildman–Crippen MR) is 60.3 cm³/mol. The standard InChI is InChI=1S/C11H17FN2O/c1-8(7-15-2)6-14-11-5-9(12)3-4-10(11)13/h3-5,8,14H,6-7,13H2,1-2H3. The van der Waals surface area contributed by atoms with Crippen molar-refractivity contribution < 1.29 is 9.13 Å². The summed E-state index contributed by atoms with van der Waals surface area (Å²) >= 11 is 0. The normalized spacial score (nSPS) is 12.5. The van der Waals surface area contributed by atoms with Crippen molar-refractivity contribution >= 4 is 11.4 Å². The number of benzene rings is 1. The van der Waals surface area contributed by atoms with Crippen molar-refractivity contribution in [3.05, 3.63) is 24.0 Å². The lowest BCUT2D eigenvalue weighted by Crippen LogP contribution is -2.16. The fourth-order valence-corrected chi connectivity index (χ4v) is 1.31. The zero-order valence-corrected chi connectivity index (χ0v) is 9.09. The van der Waals surface area contributed by atoms with Crippen LogP contribution in [-0.2, 0) is 4.74 Å².